The van der Waals surface area contributed by atoms with Gasteiger partial charge >= 0.3 is 5.97 Å². The number of hydrogen-bond acceptors (Lipinski definition) is 4. The third-order valence-electron chi connectivity index (χ3n) is 3.07. The summed E-state index contributed by atoms with van der Waals surface area (Å²) in [5.74, 6) is -0.0747. The molecule has 20 heavy (non-hydrogen) atoms. The van der Waals surface area contributed by atoms with Crippen LogP contribution in [0.2, 0.25) is 0 Å². The number of phenols is 1. The van der Waals surface area contributed by atoms with Crippen LogP contribution >= 0.6 is 0 Å². The third kappa shape index (κ3) is 3.29. The lowest BCUT2D eigenvalue weighted by Crippen LogP contribution is -2.03. The number of carbonyl (C=O) groups is 1. The summed E-state index contributed by atoms with van der Waals surface area (Å²) in [6.45, 7) is 2.58. The first kappa shape index (κ1) is 13.9. The van der Waals surface area contributed by atoms with Crippen LogP contribution in [0.4, 0.5) is 5.69 Å². The minimum atomic E-state index is -0.334. The molecule has 0 unspecified atom stereocenters. The van der Waals surface area contributed by atoms with Gasteiger partial charge in [-0.25, -0.2) is 4.79 Å². The number of carbonyl (C=O) groups excluding carboxylic acids is 1. The Balaban J connectivity index is 2.02. The Labute approximate surface area is 118 Å². The van der Waals surface area contributed by atoms with E-state index in [2.05, 4.69) is 10.1 Å². The van der Waals surface area contributed by atoms with Gasteiger partial charge in [0.05, 0.1) is 12.7 Å². The van der Waals surface area contributed by atoms with Crippen molar-refractivity contribution in [3.8, 4) is 5.75 Å². The third-order valence-corrected chi connectivity index (χ3v) is 3.07. The van der Waals surface area contributed by atoms with Crippen LogP contribution in [-0.4, -0.2) is 18.2 Å². The normalized spacial score (nSPS) is 10.1. The average Bonchev–Trinajstić information content (AvgIpc) is 2.46. The van der Waals surface area contributed by atoms with Gasteiger partial charge in [0.25, 0.3) is 0 Å². The first-order chi connectivity index (χ1) is 9.60. The number of nitrogens with one attached hydrogen (secondary N) is 1. The van der Waals surface area contributed by atoms with E-state index in [1.165, 1.54) is 7.11 Å². The predicted molar refractivity (Wildman–Crippen MR) is 78.0 cm³/mol. The zero-order valence-electron chi connectivity index (χ0n) is 11.5. The molecule has 2 aromatic carbocycles. The molecule has 0 heterocycles. The van der Waals surface area contributed by atoms with Gasteiger partial charge in [0.1, 0.15) is 5.75 Å². The molecule has 0 saturated heterocycles. The highest BCUT2D eigenvalue weighted by Gasteiger charge is 2.04. The number of ether oxygens (including phenoxy) is 1. The van der Waals surface area contributed by atoms with E-state index in [9.17, 15) is 9.90 Å². The van der Waals surface area contributed by atoms with Gasteiger partial charge in [0.15, 0.2) is 0 Å². The van der Waals surface area contributed by atoms with Crippen molar-refractivity contribution in [2.45, 2.75) is 13.5 Å². The highest BCUT2D eigenvalue weighted by atomic mass is 16.5. The number of methoxy groups -OCH3 is 1. The van der Waals surface area contributed by atoms with E-state index in [1.54, 1.807) is 24.3 Å². The number of anilines is 1. The van der Waals surface area contributed by atoms with E-state index in [1.807, 2.05) is 25.1 Å². The molecule has 2 aromatic rings. The Morgan fingerprint density at radius 2 is 1.90 bits per heavy atom. The summed E-state index contributed by atoms with van der Waals surface area (Å²) in [6, 6.07) is 12.5. The Morgan fingerprint density at radius 1 is 1.20 bits per heavy atom. The van der Waals surface area contributed by atoms with Gasteiger partial charge in [0, 0.05) is 12.2 Å². The van der Waals surface area contributed by atoms with Crippen molar-refractivity contribution in [3.63, 3.8) is 0 Å². The number of aryl methyl sites for hydroxylation is 1. The summed E-state index contributed by atoms with van der Waals surface area (Å²) in [5.41, 5.74) is 3.55. The van der Waals surface area contributed by atoms with E-state index < -0.39 is 0 Å². The maximum Gasteiger partial charge on any atom is 0.337 e. The summed E-state index contributed by atoms with van der Waals surface area (Å²) < 4.78 is 4.65. The van der Waals surface area contributed by atoms with Crippen LogP contribution in [0.5, 0.6) is 5.75 Å². The lowest BCUT2D eigenvalue weighted by atomic mass is 10.1. The van der Waals surface area contributed by atoms with Crippen LogP contribution in [0.15, 0.2) is 42.5 Å². The largest absolute Gasteiger partial charge is 0.508 e. The van der Waals surface area contributed by atoms with Crippen LogP contribution in [0.25, 0.3) is 0 Å². The van der Waals surface area contributed by atoms with Crippen molar-refractivity contribution < 1.29 is 14.6 Å². The van der Waals surface area contributed by atoms with Crippen molar-refractivity contribution in [3.05, 3.63) is 59.2 Å². The molecule has 0 bridgehead atoms. The second-order valence-electron chi connectivity index (χ2n) is 4.54. The van der Waals surface area contributed by atoms with Gasteiger partial charge in [-0.1, -0.05) is 12.1 Å². The molecular weight excluding hydrogens is 254 g/mol. The molecule has 2 rings (SSSR count). The summed E-state index contributed by atoms with van der Waals surface area (Å²) >= 11 is 0. The van der Waals surface area contributed by atoms with Crippen LogP contribution in [0.1, 0.15) is 21.5 Å². The molecule has 2 N–H and O–H groups in total. The minimum Gasteiger partial charge on any atom is -0.508 e. The SMILES string of the molecule is COC(=O)c1ccc(CNc2ccc(O)cc2C)cc1. The zero-order valence-corrected chi connectivity index (χ0v) is 11.5. The van der Waals surface area contributed by atoms with Crippen LogP contribution < -0.4 is 5.32 Å². The van der Waals surface area contributed by atoms with Crippen LogP contribution in [0, 0.1) is 6.92 Å². The number of phenolic OH excluding ortho intramolecular Hbond substituents is 1. The molecule has 0 amide bonds. The van der Waals surface area contributed by atoms with Gasteiger partial charge in [-0.3, -0.25) is 0 Å². The van der Waals surface area contributed by atoms with Crippen molar-refractivity contribution in [1.82, 2.24) is 0 Å². The molecule has 4 heteroatoms. The highest BCUT2D eigenvalue weighted by Crippen LogP contribution is 2.20. The molecule has 0 aliphatic carbocycles. The molecule has 0 aromatic heterocycles. The van der Waals surface area contributed by atoms with E-state index in [4.69, 9.17) is 0 Å². The van der Waals surface area contributed by atoms with E-state index in [-0.39, 0.29) is 11.7 Å². The molecule has 0 aliphatic heterocycles. The van der Waals surface area contributed by atoms with Gasteiger partial charge in [-0.2, -0.15) is 0 Å². The van der Waals surface area contributed by atoms with E-state index >= 15 is 0 Å². The number of esters is 1. The molecule has 104 valence electrons. The number of hydrogen-bond donors (Lipinski definition) is 2. The second kappa shape index (κ2) is 6.10. The predicted octanol–water partition coefficient (Wildman–Crippen LogP) is 3.10. The lowest BCUT2D eigenvalue weighted by Gasteiger charge is -2.10. The molecular formula is C16H17NO3. The Bertz CT molecular complexity index is 606. The molecule has 0 atom stereocenters. The molecule has 0 radical (unpaired) electrons. The smallest absolute Gasteiger partial charge is 0.337 e. The van der Waals surface area contributed by atoms with Crippen molar-refractivity contribution in [2.75, 3.05) is 12.4 Å². The van der Waals surface area contributed by atoms with E-state index in [0.29, 0.717) is 12.1 Å². The number of benzene rings is 2. The van der Waals surface area contributed by atoms with Crippen molar-refractivity contribution >= 4 is 11.7 Å². The van der Waals surface area contributed by atoms with Crippen molar-refractivity contribution in [2.24, 2.45) is 0 Å². The summed E-state index contributed by atoms with van der Waals surface area (Å²) in [6.07, 6.45) is 0. The van der Waals surface area contributed by atoms with Crippen molar-refractivity contribution in [1.29, 1.82) is 0 Å². The summed E-state index contributed by atoms with van der Waals surface area (Å²) in [5, 5.41) is 12.6. The first-order valence-electron chi connectivity index (χ1n) is 6.31. The standard InChI is InChI=1S/C16H17NO3/c1-11-9-14(18)7-8-15(11)17-10-12-3-5-13(6-4-12)16(19)20-2/h3-9,17-18H,10H2,1-2H3. The Hall–Kier alpha value is -2.49. The first-order valence-corrected chi connectivity index (χ1v) is 6.31. The Morgan fingerprint density at radius 3 is 2.50 bits per heavy atom. The molecule has 0 aliphatic rings. The summed E-state index contributed by atoms with van der Waals surface area (Å²) in [7, 11) is 1.37. The molecule has 0 spiro atoms. The zero-order chi connectivity index (χ0) is 14.5. The molecule has 0 saturated carbocycles. The van der Waals surface area contributed by atoms with Crippen LogP contribution in [0.3, 0.4) is 0 Å². The fourth-order valence-corrected chi connectivity index (χ4v) is 1.92. The average molecular weight is 271 g/mol. The highest BCUT2D eigenvalue weighted by molar-refractivity contribution is 5.89. The second-order valence-corrected chi connectivity index (χ2v) is 4.54. The van der Waals surface area contributed by atoms with Crippen LogP contribution in [-0.2, 0) is 11.3 Å². The Kier molecular flexibility index (Phi) is 4.25. The maximum atomic E-state index is 11.3. The maximum absolute atomic E-state index is 11.3. The number of aromatic hydroxyl groups is 1. The number of rotatable bonds is 4. The topological polar surface area (TPSA) is 58.6 Å². The lowest BCUT2D eigenvalue weighted by molar-refractivity contribution is 0.0600. The van der Waals surface area contributed by atoms with Gasteiger partial charge < -0.3 is 15.2 Å². The van der Waals surface area contributed by atoms with E-state index in [0.717, 1.165) is 16.8 Å². The molecule has 4 nitrogen and oxygen atoms in total. The molecule has 0 fully saturated rings. The van der Waals surface area contributed by atoms with Gasteiger partial charge in [0.2, 0.25) is 0 Å². The van der Waals surface area contributed by atoms with Gasteiger partial charge in [-0.15, -0.1) is 0 Å². The fourth-order valence-electron chi connectivity index (χ4n) is 1.92. The minimum absolute atomic E-state index is 0.260. The van der Waals surface area contributed by atoms with Gasteiger partial charge in [-0.05, 0) is 48.4 Å². The fraction of sp³-hybridized carbons (Fsp3) is 0.188. The summed E-state index contributed by atoms with van der Waals surface area (Å²) in [4.78, 5) is 11.3. The monoisotopic (exact) mass is 271 g/mol. The quantitative estimate of drug-likeness (QED) is 0.662.